The number of ether oxygens (including phenoxy) is 2. The summed E-state index contributed by atoms with van der Waals surface area (Å²) in [6.07, 6.45) is 0.0112. The lowest BCUT2D eigenvalue weighted by molar-refractivity contribution is -0.121. The van der Waals surface area contributed by atoms with Gasteiger partial charge in [0.05, 0.1) is 36.4 Å². The van der Waals surface area contributed by atoms with Crippen molar-refractivity contribution in [3.63, 3.8) is 0 Å². The number of hydrogen-bond donors (Lipinski definition) is 0. The van der Waals surface area contributed by atoms with Crippen LogP contribution in [-0.4, -0.2) is 36.3 Å². The van der Waals surface area contributed by atoms with Crippen molar-refractivity contribution in [2.75, 3.05) is 19.1 Å². The molecule has 0 bridgehead atoms. The molecular formula is C31H25N3O4S. The first-order valence-electron chi connectivity index (χ1n) is 12.3. The molecule has 4 aromatic rings. The zero-order valence-corrected chi connectivity index (χ0v) is 22.5. The minimum atomic E-state index is -0.718. The first kappa shape index (κ1) is 26.0. The fourth-order valence-electron chi connectivity index (χ4n) is 4.58. The number of thioether (sulfide) groups is 1. The predicted octanol–water partition coefficient (Wildman–Crippen LogP) is 6.04. The Morgan fingerprint density at radius 2 is 1.69 bits per heavy atom. The van der Waals surface area contributed by atoms with E-state index >= 15 is 0 Å². The lowest BCUT2D eigenvalue weighted by atomic mass is 9.98. The molecule has 0 spiro atoms. The van der Waals surface area contributed by atoms with E-state index in [2.05, 4.69) is 6.07 Å². The van der Waals surface area contributed by atoms with Crippen LogP contribution in [0.4, 0.5) is 5.69 Å². The lowest BCUT2D eigenvalue weighted by Gasteiger charge is -2.18. The van der Waals surface area contributed by atoms with Gasteiger partial charge in [0.2, 0.25) is 11.8 Å². The third-order valence-electron chi connectivity index (χ3n) is 6.51. The van der Waals surface area contributed by atoms with Crippen LogP contribution in [0.2, 0.25) is 0 Å². The molecule has 2 heterocycles. The smallest absolute Gasteiger partial charge is 0.247 e. The van der Waals surface area contributed by atoms with Gasteiger partial charge in [0.15, 0.2) is 11.5 Å². The van der Waals surface area contributed by atoms with E-state index in [0.717, 1.165) is 22.9 Å². The molecule has 194 valence electrons. The van der Waals surface area contributed by atoms with Crippen LogP contribution in [0.15, 0.2) is 83.9 Å². The first-order chi connectivity index (χ1) is 18.9. The van der Waals surface area contributed by atoms with E-state index < -0.39 is 5.25 Å². The first-order valence-corrected chi connectivity index (χ1v) is 13.1. The standard InChI is InChI=1S/C31H25N3O4S/c1-19-12-14-21(15-13-19)34-28(35)17-27(31(34)36)39-30-24(18-32)23(16-25(33-30)20-8-5-4-6-9-20)22-10-7-11-26(37-2)29(22)38-3/h4-16,27H,17H2,1-3H3/t27-/m1/s1. The fraction of sp³-hybridized carbons (Fsp3) is 0.161. The van der Waals surface area contributed by atoms with Gasteiger partial charge in [0.1, 0.15) is 11.1 Å². The summed E-state index contributed by atoms with van der Waals surface area (Å²) in [5.74, 6) is 0.394. The van der Waals surface area contributed by atoms with Crippen molar-refractivity contribution in [3.05, 3.63) is 90.0 Å². The number of amides is 2. The molecule has 1 fully saturated rings. The highest BCUT2D eigenvalue weighted by molar-refractivity contribution is 8.00. The number of anilines is 1. The van der Waals surface area contributed by atoms with E-state index in [0.29, 0.717) is 44.6 Å². The Morgan fingerprint density at radius 3 is 2.36 bits per heavy atom. The maximum Gasteiger partial charge on any atom is 0.247 e. The number of benzene rings is 3. The van der Waals surface area contributed by atoms with E-state index in [1.165, 1.54) is 4.90 Å². The average Bonchev–Trinajstić information content (AvgIpc) is 3.24. The number of aryl methyl sites for hydroxylation is 1. The normalized spacial score (nSPS) is 14.8. The van der Waals surface area contributed by atoms with Gasteiger partial charge in [-0.3, -0.25) is 9.59 Å². The summed E-state index contributed by atoms with van der Waals surface area (Å²) in [5.41, 5.74) is 4.59. The Hall–Kier alpha value is -4.61. The van der Waals surface area contributed by atoms with Crippen LogP contribution < -0.4 is 14.4 Å². The third kappa shape index (κ3) is 4.97. The van der Waals surface area contributed by atoms with Gasteiger partial charge in [0, 0.05) is 23.1 Å². The average molecular weight is 536 g/mol. The summed E-state index contributed by atoms with van der Waals surface area (Å²) < 4.78 is 11.2. The molecule has 0 radical (unpaired) electrons. The highest BCUT2D eigenvalue weighted by Crippen LogP contribution is 2.44. The molecule has 1 saturated heterocycles. The van der Waals surface area contributed by atoms with Crippen molar-refractivity contribution in [1.82, 2.24) is 4.98 Å². The van der Waals surface area contributed by atoms with Crippen LogP contribution in [0, 0.1) is 18.3 Å². The number of pyridine rings is 1. The maximum atomic E-state index is 13.4. The van der Waals surface area contributed by atoms with E-state index in [9.17, 15) is 14.9 Å². The summed E-state index contributed by atoms with van der Waals surface area (Å²) in [4.78, 5) is 32.4. The lowest BCUT2D eigenvalue weighted by Crippen LogP contribution is -2.31. The molecule has 0 saturated carbocycles. The van der Waals surface area contributed by atoms with Crippen LogP contribution in [0.1, 0.15) is 17.5 Å². The highest BCUT2D eigenvalue weighted by Gasteiger charge is 2.41. The molecule has 0 aliphatic carbocycles. The predicted molar refractivity (Wildman–Crippen MR) is 151 cm³/mol. The van der Waals surface area contributed by atoms with Gasteiger partial charge in [-0.1, -0.05) is 71.9 Å². The van der Waals surface area contributed by atoms with Crippen LogP contribution in [0.3, 0.4) is 0 Å². The Balaban J connectivity index is 1.62. The van der Waals surface area contributed by atoms with Gasteiger partial charge in [-0.15, -0.1) is 0 Å². The van der Waals surface area contributed by atoms with Crippen molar-refractivity contribution in [2.45, 2.75) is 23.6 Å². The van der Waals surface area contributed by atoms with Crippen molar-refractivity contribution >= 4 is 29.3 Å². The number of aromatic nitrogens is 1. The van der Waals surface area contributed by atoms with E-state index in [1.54, 1.807) is 32.4 Å². The number of carbonyl (C=O) groups excluding carboxylic acids is 2. The molecule has 1 aromatic heterocycles. The highest BCUT2D eigenvalue weighted by atomic mass is 32.2. The summed E-state index contributed by atoms with van der Waals surface area (Å²) in [5, 5.41) is 9.98. The number of nitrogens with zero attached hydrogens (tertiary/aromatic N) is 3. The Kier molecular flexibility index (Phi) is 7.35. The molecule has 39 heavy (non-hydrogen) atoms. The number of para-hydroxylation sites is 1. The van der Waals surface area contributed by atoms with E-state index in [-0.39, 0.29) is 18.2 Å². The second-order valence-corrected chi connectivity index (χ2v) is 10.2. The molecule has 1 aliphatic heterocycles. The van der Waals surface area contributed by atoms with Gasteiger partial charge >= 0.3 is 0 Å². The van der Waals surface area contributed by atoms with E-state index in [4.69, 9.17) is 14.5 Å². The Labute approximate surface area is 231 Å². The number of methoxy groups -OCH3 is 2. The summed E-state index contributed by atoms with van der Waals surface area (Å²) in [6.45, 7) is 1.94. The maximum absolute atomic E-state index is 13.4. The number of rotatable bonds is 7. The molecule has 1 aliphatic rings. The second-order valence-electron chi connectivity index (χ2n) is 8.97. The molecule has 1 atom stereocenters. The Bertz CT molecular complexity index is 1600. The van der Waals surface area contributed by atoms with Crippen LogP contribution in [0.25, 0.3) is 22.4 Å². The number of nitriles is 1. The molecule has 3 aromatic carbocycles. The van der Waals surface area contributed by atoms with Gasteiger partial charge in [-0.05, 0) is 31.2 Å². The van der Waals surface area contributed by atoms with Crippen molar-refractivity contribution in [1.29, 1.82) is 5.26 Å². The second kappa shape index (κ2) is 11.0. The van der Waals surface area contributed by atoms with Gasteiger partial charge < -0.3 is 9.47 Å². The van der Waals surface area contributed by atoms with E-state index in [1.807, 2.05) is 67.6 Å². The minimum absolute atomic E-state index is 0.0112. The van der Waals surface area contributed by atoms with Crippen molar-refractivity contribution in [2.24, 2.45) is 0 Å². The number of hydrogen-bond acceptors (Lipinski definition) is 7. The SMILES string of the molecule is COc1cccc(-c2cc(-c3ccccc3)nc(S[C@@H]3CC(=O)N(c4ccc(C)cc4)C3=O)c2C#N)c1OC. The molecule has 7 nitrogen and oxygen atoms in total. The largest absolute Gasteiger partial charge is 0.493 e. The van der Waals surface area contributed by atoms with Crippen LogP contribution in [-0.2, 0) is 9.59 Å². The fourth-order valence-corrected chi connectivity index (χ4v) is 5.71. The monoisotopic (exact) mass is 535 g/mol. The molecule has 8 heteroatoms. The van der Waals surface area contributed by atoms with Crippen LogP contribution in [0.5, 0.6) is 11.5 Å². The zero-order chi connectivity index (χ0) is 27.5. The molecule has 5 rings (SSSR count). The molecule has 2 amide bonds. The summed E-state index contributed by atoms with van der Waals surface area (Å²) >= 11 is 1.14. The van der Waals surface area contributed by atoms with Gasteiger partial charge in [0.25, 0.3) is 0 Å². The summed E-state index contributed by atoms with van der Waals surface area (Å²) in [7, 11) is 3.10. The zero-order valence-electron chi connectivity index (χ0n) is 21.7. The summed E-state index contributed by atoms with van der Waals surface area (Å²) in [6, 6.07) is 26.4. The Morgan fingerprint density at radius 1 is 0.949 bits per heavy atom. The minimum Gasteiger partial charge on any atom is -0.493 e. The molecule has 0 N–H and O–H groups in total. The number of carbonyl (C=O) groups is 2. The number of imide groups is 1. The van der Waals surface area contributed by atoms with Crippen molar-refractivity contribution < 1.29 is 19.1 Å². The molecule has 0 unspecified atom stereocenters. The van der Waals surface area contributed by atoms with Gasteiger partial charge in [-0.2, -0.15) is 5.26 Å². The van der Waals surface area contributed by atoms with Crippen LogP contribution >= 0.6 is 11.8 Å². The third-order valence-corrected chi connectivity index (χ3v) is 7.68. The molecular weight excluding hydrogens is 510 g/mol. The van der Waals surface area contributed by atoms with Gasteiger partial charge in [-0.25, -0.2) is 9.88 Å². The topological polar surface area (TPSA) is 92.5 Å². The quantitative estimate of drug-likeness (QED) is 0.267. The van der Waals surface area contributed by atoms with Crippen molar-refractivity contribution in [3.8, 4) is 40.0 Å².